The van der Waals surface area contributed by atoms with E-state index >= 15 is 0 Å². The molecular weight excluding hydrogens is 414 g/mol. The fraction of sp³-hybridized carbons (Fsp3) is 0.269. The van der Waals surface area contributed by atoms with Crippen LogP contribution in [0.2, 0.25) is 0 Å². The van der Waals surface area contributed by atoms with Crippen molar-refractivity contribution in [3.8, 4) is 22.7 Å². The Morgan fingerprint density at radius 3 is 2.70 bits per heavy atom. The molecule has 3 aromatic heterocycles. The molecule has 1 unspecified atom stereocenters. The molecule has 1 aliphatic heterocycles. The van der Waals surface area contributed by atoms with Crippen LogP contribution >= 0.6 is 0 Å². The first-order valence-electron chi connectivity index (χ1n) is 11.2. The summed E-state index contributed by atoms with van der Waals surface area (Å²) in [6.07, 6.45) is 7.12. The minimum atomic E-state index is 0.0540. The molecule has 1 atom stereocenters. The van der Waals surface area contributed by atoms with Gasteiger partial charge < -0.3 is 9.42 Å². The van der Waals surface area contributed by atoms with Crippen LogP contribution < -0.4 is 0 Å². The summed E-state index contributed by atoms with van der Waals surface area (Å²) in [6, 6.07) is 13.5. The zero-order valence-electron chi connectivity index (χ0n) is 18.7. The van der Waals surface area contributed by atoms with Gasteiger partial charge in [-0.05, 0) is 51.0 Å². The number of carbonyl (C=O) groups is 1. The standard InChI is InChI=1S/C26H25N5O2/c1-17-7-9-19(10-8-17)26(32)31-12-4-6-21(16-31)24-22(23-13-18(2)30-33-23)15-28-25(29-24)20-5-3-11-27-14-20/h3,5,7-11,13-15,21H,4,6,12,16H2,1-2H3. The summed E-state index contributed by atoms with van der Waals surface area (Å²) in [6.45, 7) is 5.24. The van der Waals surface area contributed by atoms with Crippen LogP contribution in [-0.2, 0) is 0 Å². The van der Waals surface area contributed by atoms with Gasteiger partial charge in [0, 0.05) is 54.8 Å². The van der Waals surface area contributed by atoms with Crippen LogP contribution in [0.25, 0.3) is 22.7 Å². The Balaban J connectivity index is 1.50. The predicted octanol–water partition coefficient (Wildman–Crippen LogP) is 4.83. The molecule has 0 bridgehead atoms. The van der Waals surface area contributed by atoms with Gasteiger partial charge in [-0.1, -0.05) is 22.9 Å². The topological polar surface area (TPSA) is 85.0 Å². The molecule has 0 spiro atoms. The largest absolute Gasteiger partial charge is 0.356 e. The zero-order chi connectivity index (χ0) is 22.8. The third kappa shape index (κ3) is 4.39. The average molecular weight is 440 g/mol. The quantitative estimate of drug-likeness (QED) is 0.453. The molecule has 1 saturated heterocycles. The number of benzene rings is 1. The maximum Gasteiger partial charge on any atom is 0.253 e. The minimum absolute atomic E-state index is 0.0540. The Bertz CT molecular complexity index is 1270. The van der Waals surface area contributed by atoms with E-state index < -0.39 is 0 Å². The van der Waals surface area contributed by atoms with Crippen LogP contribution in [0.5, 0.6) is 0 Å². The molecule has 166 valence electrons. The fourth-order valence-corrected chi connectivity index (χ4v) is 4.28. The first-order valence-corrected chi connectivity index (χ1v) is 11.2. The molecular formula is C26H25N5O2. The molecule has 1 aromatic carbocycles. The number of hydrogen-bond donors (Lipinski definition) is 0. The SMILES string of the molecule is Cc1ccc(C(=O)N2CCCC(c3nc(-c4cccnc4)ncc3-c3cc(C)no3)C2)cc1. The normalized spacial score (nSPS) is 16.1. The second-order valence-electron chi connectivity index (χ2n) is 8.52. The molecule has 1 fully saturated rings. The highest BCUT2D eigenvalue weighted by atomic mass is 16.5. The molecule has 4 aromatic rings. The van der Waals surface area contributed by atoms with Crippen molar-refractivity contribution in [1.82, 2.24) is 25.0 Å². The van der Waals surface area contributed by atoms with E-state index in [-0.39, 0.29) is 11.8 Å². The molecule has 33 heavy (non-hydrogen) atoms. The predicted molar refractivity (Wildman–Crippen MR) is 125 cm³/mol. The Hall–Kier alpha value is -3.87. The molecule has 7 nitrogen and oxygen atoms in total. The molecule has 0 saturated carbocycles. The van der Waals surface area contributed by atoms with Gasteiger partial charge in [0.15, 0.2) is 11.6 Å². The first kappa shape index (κ1) is 21.0. The molecule has 1 amide bonds. The van der Waals surface area contributed by atoms with Crippen molar-refractivity contribution in [2.75, 3.05) is 13.1 Å². The van der Waals surface area contributed by atoms with Crippen LogP contribution in [0.3, 0.4) is 0 Å². The van der Waals surface area contributed by atoms with Crippen LogP contribution in [-0.4, -0.2) is 44.0 Å². The van der Waals surface area contributed by atoms with Crippen molar-refractivity contribution in [2.24, 2.45) is 0 Å². The smallest absolute Gasteiger partial charge is 0.253 e. The first-order chi connectivity index (χ1) is 16.1. The van der Waals surface area contributed by atoms with E-state index in [1.54, 1.807) is 18.6 Å². The molecule has 1 aliphatic rings. The lowest BCUT2D eigenvalue weighted by Crippen LogP contribution is -2.39. The lowest BCUT2D eigenvalue weighted by atomic mass is 9.90. The van der Waals surface area contributed by atoms with Gasteiger partial charge in [-0.2, -0.15) is 0 Å². The summed E-state index contributed by atoms with van der Waals surface area (Å²) in [5, 5.41) is 4.04. The molecule has 0 N–H and O–H groups in total. The van der Waals surface area contributed by atoms with E-state index in [0.717, 1.165) is 47.5 Å². The maximum absolute atomic E-state index is 13.2. The second-order valence-corrected chi connectivity index (χ2v) is 8.52. The highest BCUT2D eigenvalue weighted by Crippen LogP contribution is 2.35. The molecule has 7 heteroatoms. The van der Waals surface area contributed by atoms with E-state index in [1.807, 2.05) is 61.2 Å². The summed E-state index contributed by atoms with van der Waals surface area (Å²) in [5.74, 6) is 1.37. The summed E-state index contributed by atoms with van der Waals surface area (Å²) < 4.78 is 5.56. The number of rotatable bonds is 4. The third-order valence-corrected chi connectivity index (χ3v) is 6.03. The number of aromatic nitrogens is 4. The van der Waals surface area contributed by atoms with Gasteiger partial charge in [0.1, 0.15) is 0 Å². The van der Waals surface area contributed by atoms with Crippen molar-refractivity contribution in [1.29, 1.82) is 0 Å². The number of carbonyl (C=O) groups excluding carboxylic acids is 1. The monoisotopic (exact) mass is 439 g/mol. The van der Waals surface area contributed by atoms with Gasteiger partial charge in [-0.15, -0.1) is 0 Å². The highest BCUT2D eigenvalue weighted by molar-refractivity contribution is 5.94. The molecule has 5 rings (SSSR count). The maximum atomic E-state index is 13.2. The number of piperidine rings is 1. The van der Waals surface area contributed by atoms with Crippen LogP contribution in [0.1, 0.15) is 46.1 Å². The molecule has 0 aliphatic carbocycles. The lowest BCUT2D eigenvalue weighted by molar-refractivity contribution is 0.0706. The number of amides is 1. The highest BCUT2D eigenvalue weighted by Gasteiger charge is 2.29. The van der Waals surface area contributed by atoms with Gasteiger partial charge >= 0.3 is 0 Å². The van der Waals surface area contributed by atoms with Crippen molar-refractivity contribution in [2.45, 2.75) is 32.6 Å². The fourth-order valence-electron chi connectivity index (χ4n) is 4.28. The van der Waals surface area contributed by atoms with Gasteiger partial charge in [-0.3, -0.25) is 9.78 Å². The Morgan fingerprint density at radius 2 is 1.97 bits per heavy atom. The van der Waals surface area contributed by atoms with Crippen LogP contribution in [0, 0.1) is 13.8 Å². The summed E-state index contributed by atoms with van der Waals surface area (Å²) in [5.41, 5.74) is 5.19. The zero-order valence-corrected chi connectivity index (χ0v) is 18.7. The summed E-state index contributed by atoms with van der Waals surface area (Å²) >= 11 is 0. The second kappa shape index (κ2) is 8.94. The van der Waals surface area contributed by atoms with E-state index in [4.69, 9.17) is 9.51 Å². The summed E-state index contributed by atoms with van der Waals surface area (Å²) in [7, 11) is 0. The van der Waals surface area contributed by atoms with E-state index in [9.17, 15) is 4.79 Å². The van der Waals surface area contributed by atoms with E-state index in [0.29, 0.717) is 23.7 Å². The number of aryl methyl sites for hydroxylation is 2. The lowest BCUT2D eigenvalue weighted by Gasteiger charge is -2.33. The minimum Gasteiger partial charge on any atom is -0.356 e. The third-order valence-electron chi connectivity index (χ3n) is 6.03. The Kier molecular flexibility index (Phi) is 5.69. The number of nitrogens with zero attached hydrogens (tertiary/aromatic N) is 5. The van der Waals surface area contributed by atoms with Crippen molar-refractivity contribution in [3.63, 3.8) is 0 Å². The van der Waals surface area contributed by atoms with Crippen molar-refractivity contribution < 1.29 is 9.32 Å². The van der Waals surface area contributed by atoms with Crippen LogP contribution in [0.4, 0.5) is 0 Å². The van der Waals surface area contributed by atoms with Gasteiger partial charge in [0.05, 0.1) is 17.0 Å². The van der Waals surface area contributed by atoms with Crippen molar-refractivity contribution >= 4 is 5.91 Å². The number of hydrogen-bond acceptors (Lipinski definition) is 6. The van der Waals surface area contributed by atoms with E-state index in [2.05, 4.69) is 15.1 Å². The summed E-state index contributed by atoms with van der Waals surface area (Å²) in [4.78, 5) is 28.9. The molecule has 4 heterocycles. The Labute approximate surface area is 192 Å². The van der Waals surface area contributed by atoms with Gasteiger partial charge in [-0.25, -0.2) is 9.97 Å². The van der Waals surface area contributed by atoms with Gasteiger partial charge in [0.2, 0.25) is 0 Å². The number of likely N-dealkylation sites (tertiary alicyclic amines) is 1. The van der Waals surface area contributed by atoms with Crippen molar-refractivity contribution in [3.05, 3.63) is 83.6 Å². The Morgan fingerprint density at radius 1 is 1.12 bits per heavy atom. The van der Waals surface area contributed by atoms with Gasteiger partial charge in [0.25, 0.3) is 5.91 Å². The average Bonchev–Trinajstić information content (AvgIpc) is 3.30. The molecule has 0 radical (unpaired) electrons. The number of pyridine rings is 1. The van der Waals surface area contributed by atoms with Crippen LogP contribution in [0.15, 0.2) is 65.6 Å². The van der Waals surface area contributed by atoms with E-state index in [1.165, 1.54) is 0 Å².